The molecule has 0 spiro atoms. The van der Waals surface area contributed by atoms with Crippen molar-refractivity contribution in [2.45, 2.75) is 26.3 Å². The van der Waals surface area contributed by atoms with Crippen molar-refractivity contribution in [3.63, 3.8) is 0 Å². The standard InChI is InChI=1S/C15H20N2O4/c1-3-12-10-16(7-6-14(12)18)9-11-4-5-15(21-2)13(8-11)17(19)20/h4-5,8,12H,3,6-7,9-10H2,1-2H3. The second-order valence-electron chi connectivity index (χ2n) is 5.32. The lowest BCUT2D eigenvalue weighted by atomic mass is 9.94. The van der Waals surface area contributed by atoms with Crippen molar-refractivity contribution < 1.29 is 14.5 Å². The third-order valence-electron chi connectivity index (χ3n) is 3.95. The van der Waals surface area contributed by atoms with Gasteiger partial charge in [-0.05, 0) is 18.1 Å². The quantitative estimate of drug-likeness (QED) is 0.615. The highest BCUT2D eigenvalue weighted by Crippen LogP contribution is 2.28. The highest BCUT2D eigenvalue weighted by Gasteiger charge is 2.26. The lowest BCUT2D eigenvalue weighted by molar-refractivity contribution is -0.385. The lowest BCUT2D eigenvalue weighted by Gasteiger charge is -2.31. The summed E-state index contributed by atoms with van der Waals surface area (Å²) in [6, 6.07) is 5.01. The second kappa shape index (κ2) is 6.67. The first-order chi connectivity index (χ1) is 10.0. The first kappa shape index (κ1) is 15.4. The number of methoxy groups -OCH3 is 1. The normalized spacial score (nSPS) is 19.5. The molecule has 1 aliphatic rings. The zero-order chi connectivity index (χ0) is 15.4. The third-order valence-corrected chi connectivity index (χ3v) is 3.95. The van der Waals surface area contributed by atoms with Crippen LogP contribution in [0.3, 0.4) is 0 Å². The number of Topliss-reactive ketones (excluding diaryl/α,β-unsaturated/α-hetero) is 1. The monoisotopic (exact) mass is 292 g/mol. The van der Waals surface area contributed by atoms with Crippen LogP contribution in [0.5, 0.6) is 5.75 Å². The van der Waals surface area contributed by atoms with Crippen LogP contribution in [-0.4, -0.2) is 35.8 Å². The van der Waals surface area contributed by atoms with E-state index in [2.05, 4.69) is 4.90 Å². The Balaban J connectivity index is 2.11. The van der Waals surface area contributed by atoms with Crippen LogP contribution in [0.4, 0.5) is 5.69 Å². The Hall–Kier alpha value is -1.95. The number of hydrogen-bond donors (Lipinski definition) is 0. The van der Waals surface area contributed by atoms with Crippen LogP contribution < -0.4 is 4.74 Å². The van der Waals surface area contributed by atoms with Crippen LogP contribution in [-0.2, 0) is 11.3 Å². The summed E-state index contributed by atoms with van der Waals surface area (Å²) in [6.07, 6.45) is 1.41. The topological polar surface area (TPSA) is 72.7 Å². The first-order valence-electron chi connectivity index (χ1n) is 7.11. The maximum absolute atomic E-state index is 11.7. The van der Waals surface area contributed by atoms with Crippen LogP contribution in [0.15, 0.2) is 18.2 Å². The molecule has 0 aromatic heterocycles. The van der Waals surface area contributed by atoms with Gasteiger partial charge in [0, 0.05) is 38.0 Å². The number of nitrogens with zero attached hydrogens (tertiary/aromatic N) is 2. The van der Waals surface area contributed by atoms with Crippen molar-refractivity contribution in [3.8, 4) is 5.75 Å². The van der Waals surface area contributed by atoms with Crippen LogP contribution in [0.1, 0.15) is 25.3 Å². The molecular weight excluding hydrogens is 272 g/mol. The van der Waals surface area contributed by atoms with Crippen molar-refractivity contribution in [3.05, 3.63) is 33.9 Å². The number of benzene rings is 1. The SMILES string of the molecule is CCC1CN(Cc2ccc(OC)c([N+](=O)[O-])c2)CCC1=O. The zero-order valence-corrected chi connectivity index (χ0v) is 12.4. The summed E-state index contributed by atoms with van der Waals surface area (Å²) < 4.78 is 5.00. The van der Waals surface area contributed by atoms with Gasteiger partial charge in [0.1, 0.15) is 5.78 Å². The van der Waals surface area contributed by atoms with Gasteiger partial charge in [-0.1, -0.05) is 13.0 Å². The molecule has 1 fully saturated rings. The van der Waals surface area contributed by atoms with Gasteiger partial charge in [-0.15, -0.1) is 0 Å². The maximum atomic E-state index is 11.7. The highest BCUT2D eigenvalue weighted by atomic mass is 16.6. The number of rotatable bonds is 5. The van der Waals surface area contributed by atoms with E-state index in [0.717, 1.165) is 25.1 Å². The maximum Gasteiger partial charge on any atom is 0.311 e. The summed E-state index contributed by atoms with van der Waals surface area (Å²) in [5.74, 6) is 0.686. The summed E-state index contributed by atoms with van der Waals surface area (Å²) in [6.45, 7) is 4.09. The number of carbonyl (C=O) groups excluding carboxylic acids is 1. The Bertz CT molecular complexity index is 544. The average Bonchev–Trinajstić information content (AvgIpc) is 2.49. The second-order valence-corrected chi connectivity index (χ2v) is 5.32. The molecule has 1 atom stereocenters. The Labute approximate surface area is 123 Å². The minimum atomic E-state index is -0.434. The average molecular weight is 292 g/mol. The van der Waals surface area contributed by atoms with Crippen LogP contribution in [0.25, 0.3) is 0 Å². The Morgan fingerprint density at radius 2 is 2.24 bits per heavy atom. The minimum absolute atomic E-state index is 0.0184. The van der Waals surface area contributed by atoms with Crippen LogP contribution in [0, 0.1) is 16.0 Å². The van der Waals surface area contributed by atoms with Gasteiger partial charge in [0.15, 0.2) is 5.75 Å². The smallest absolute Gasteiger partial charge is 0.311 e. The predicted octanol–water partition coefficient (Wildman–Crippen LogP) is 2.40. The molecule has 0 radical (unpaired) electrons. The zero-order valence-electron chi connectivity index (χ0n) is 12.4. The molecule has 6 heteroatoms. The fourth-order valence-electron chi connectivity index (χ4n) is 2.71. The molecule has 0 bridgehead atoms. The summed E-state index contributed by atoms with van der Waals surface area (Å²) >= 11 is 0. The molecule has 0 saturated carbocycles. The van der Waals surface area contributed by atoms with E-state index in [4.69, 9.17) is 4.74 Å². The van der Waals surface area contributed by atoms with Crippen molar-refractivity contribution >= 4 is 11.5 Å². The number of ketones is 1. The molecule has 1 aromatic carbocycles. The summed E-state index contributed by atoms with van der Waals surface area (Å²) in [5, 5.41) is 11.0. The molecule has 1 aromatic rings. The largest absolute Gasteiger partial charge is 0.490 e. The fourth-order valence-corrected chi connectivity index (χ4v) is 2.71. The molecule has 1 heterocycles. The number of hydrogen-bond acceptors (Lipinski definition) is 5. The van der Waals surface area contributed by atoms with Gasteiger partial charge < -0.3 is 4.74 Å². The molecule has 2 rings (SSSR count). The molecule has 6 nitrogen and oxygen atoms in total. The van der Waals surface area contributed by atoms with Crippen molar-refractivity contribution in [2.75, 3.05) is 20.2 Å². The Morgan fingerprint density at radius 1 is 1.48 bits per heavy atom. The van der Waals surface area contributed by atoms with Gasteiger partial charge in [0.2, 0.25) is 0 Å². The van der Waals surface area contributed by atoms with E-state index in [-0.39, 0.29) is 17.4 Å². The van der Waals surface area contributed by atoms with Crippen molar-refractivity contribution in [2.24, 2.45) is 5.92 Å². The highest BCUT2D eigenvalue weighted by molar-refractivity contribution is 5.82. The van der Waals surface area contributed by atoms with Gasteiger partial charge in [-0.2, -0.15) is 0 Å². The van der Waals surface area contributed by atoms with E-state index >= 15 is 0 Å². The summed E-state index contributed by atoms with van der Waals surface area (Å²) in [4.78, 5) is 24.5. The van der Waals surface area contributed by atoms with Gasteiger partial charge in [-0.25, -0.2) is 0 Å². The van der Waals surface area contributed by atoms with Crippen molar-refractivity contribution in [1.82, 2.24) is 4.90 Å². The lowest BCUT2D eigenvalue weighted by Crippen LogP contribution is -2.40. The molecule has 1 unspecified atom stereocenters. The van der Waals surface area contributed by atoms with Crippen LogP contribution >= 0.6 is 0 Å². The molecule has 1 aliphatic heterocycles. The summed E-state index contributed by atoms with van der Waals surface area (Å²) in [7, 11) is 1.42. The molecule has 0 aliphatic carbocycles. The number of piperidine rings is 1. The van der Waals surface area contributed by atoms with E-state index in [1.54, 1.807) is 12.1 Å². The molecule has 1 saturated heterocycles. The number of likely N-dealkylation sites (tertiary alicyclic amines) is 1. The van der Waals surface area contributed by atoms with Crippen LogP contribution in [0.2, 0.25) is 0 Å². The number of nitro benzene ring substituents is 1. The number of ether oxygens (including phenoxy) is 1. The molecule has 0 N–H and O–H groups in total. The van der Waals surface area contributed by atoms with Gasteiger partial charge in [0.25, 0.3) is 0 Å². The molecule has 114 valence electrons. The number of carbonyl (C=O) groups is 1. The summed E-state index contributed by atoms with van der Waals surface area (Å²) in [5.41, 5.74) is 0.849. The van der Waals surface area contributed by atoms with Gasteiger partial charge in [-0.3, -0.25) is 19.8 Å². The van der Waals surface area contributed by atoms with E-state index < -0.39 is 4.92 Å². The first-order valence-corrected chi connectivity index (χ1v) is 7.11. The Kier molecular flexibility index (Phi) is 4.90. The van der Waals surface area contributed by atoms with E-state index in [1.807, 2.05) is 13.0 Å². The third kappa shape index (κ3) is 3.58. The fraction of sp³-hybridized carbons (Fsp3) is 0.533. The minimum Gasteiger partial charge on any atom is -0.490 e. The van der Waals surface area contributed by atoms with E-state index in [9.17, 15) is 14.9 Å². The molecular formula is C15H20N2O4. The molecule has 21 heavy (non-hydrogen) atoms. The van der Waals surface area contributed by atoms with Gasteiger partial charge >= 0.3 is 5.69 Å². The van der Waals surface area contributed by atoms with Gasteiger partial charge in [0.05, 0.1) is 12.0 Å². The number of nitro groups is 1. The predicted molar refractivity (Wildman–Crippen MR) is 78.3 cm³/mol. The van der Waals surface area contributed by atoms with Crippen molar-refractivity contribution in [1.29, 1.82) is 0 Å². The van der Waals surface area contributed by atoms with E-state index in [0.29, 0.717) is 18.7 Å². The van der Waals surface area contributed by atoms with E-state index in [1.165, 1.54) is 7.11 Å². The molecule has 0 amide bonds. The Morgan fingerprint density at radius 3 is 2.86 bits per heavy atom.